The maximum Gasteiger partial charge on any atom is 0.252 e. The smallest absolute Gasteiger partial charge is 0.252 e. The van der Waals surface area contributed by atoms with Crippen molar-refractivity contribution < 1.29 is 13.2 Å². The van der Waals surface area contributed by atoms with Crippen molar-refractivity contribution in [1.29, 1.82) is 0 Å². The van der Waals surface area contributed by atoms with Crippen molar-refractivity contribution in [3.63, 3.8) is 0 Å². The number of pyridine rings is 1. The van der Waals surface area contributed by atoms with Crippen molar-refractivity contribution in [2.75, 3.05) is 5.32 Å². The summed E-state index contributed by atoms with van der Waals surface area (Å²) in [6, 6.07) is 3.49. The summed E-state index contributed by atoms with van der Waals surface area (Å²) in [5.41, 5.74) is -0.495. The van der Waals surface area contributed by atoms with E-state index in [1.165, 1.54) is 16.8 Å². The van der Waals surface area contributed by atoms with Crippen LogP contribution in [-0.4, -0.2) is 33.9 Å². The van der Waals surface area contributed by atoms with Gasteiger partial charge in [0.05, 0.1) is 10.1 Å². The highest BCUT2D eigenvalue weighted by atomic mass is 32.2. The Balaban J connectivity index is 1.92. The Hall–Kier alpha value is -2.42. The molecule has 2 heterocycles. The average molecular weight is 421 g/mol. The van der Waals surface area contributed by atoms with Crippen LogP contribution in [0.15, 0.2) is 40.3 Å². The molecular formula is C20H28N4O4S. The molecule has 1 aliphatic rings. The molecule has 1 amide bonds. The van der Waals surface area contributed by atoms with E-state index in [1.807, 2.05) is 0 Å². The zero-order chi connectivity index (χ0) is 21.2. The standard InChI is InChI=1S/C20H28N4O4S/c1-14(2)29(27,28)16-8-11-24(19(25)13-16)17(12-15-6-4-5-7-15)20(26)21-18-9-10-23(3)22-18/h8-11,13-15,17H,4-7,12H2,1-3H3,(H,21,22,26)/t17-/m0/s1. The Bertz CT molecular complexity index is 1030. The van der Waals surface area contributed by atoms with Crippen LogP contribution in [0.25, 0.3) is 0 Å². The van der Waals surface area contributed by atoms with Gasteiger partial charge in [-0.1, -0.05) is 25.7 Å². The number of sulfone groups is 1. The minimum absolute atomic E-state index is 0.0153. The number of rotatable bonds is 7. The van der Waals surface area contributed by atoms with Crippen molar-refractivity contribution >= 4 is 21.6 Å². The summed E-state index contributed by atoms with van der Waals surface area (Å²) in [6.45, 7) is 3.15. The number of hydrogen-bond donors (Lipinski definition) is 1. The lowest BCUT2D eigenvalue weighted by Gasteiger charge is -2.22. The Morgan fingerprint density at radius 2 is 1.93 bits per heavy atom. The molecule has 29 heavy (non-hydrogen) atoms. The predicted octanol–water partition coefficient (Wildman–Crippen LogP) is 2.52. The number of amides is 1. The maximum atomic E-state index is 13.0. The van der Waals surface area contributed by atoms with E-state index in [2.05, 4.69) is 10.4 Å². The molecule has 3 rings (SSSR count). The number of carbonyl (C=O) groups is 1. The molecule has 0 bridgehead atoms. The molecule has 1 saturated carbocycles. The topological polar surface area (TPSA) is 103 Å². The van der Waals surface area contributed by atoms with Crippen LogP contribution in [0.4, 0.5) is 5.82 Å². The first-order valence-corrected chi connectivity index (χ1v) is 11.5. The van der Waals surface area contributed by atoms with Crippen LogP contribution < -0.4 is 10.9 Å². The summed E-state index contributed by atoms with van der Waals surface area (Å²) >= 11 is 0. The highest BCUT2D eigenvalue weighted by Crippen LogP contribution is 2.32. The SMILES string of the molecule is CC(C)S(=O)(=O)c1ccn([C@@H](CC2CCCC2)C(=O)Nc2ccn(C)n2)c(=O)c1. The van der Waals surface area contributed by atoms with E-state index in [9.17, 15) is 18.0 Å². The Morgan fingerprint density at radius 1 is 1.24 bits per heavy atom. The largest absolute Gasteiger partial charge is 0.307 e. The summed E-state index contributed by atoms with van der Waals surface area (Å²) in [4.78, 5) is 25.8. The molecule has 158 valence electrons. The highest BCUT2D eigenvalue weighted by Gasteiger charge is 2.29. The number of nitrogens with zero attached hydrogens (tertiary/aromatic N) is 3. The van der Waals surface area contributed by atoms with Crippen LogP contribution in [0.1, 0.15) is 52.0 Å². The summed E-state index contributed by atoms with van der Waals surface area (Å²) < 4.78 is 27.7. The number of hydrogen-bond acceptors (Lipinski definition) is 5. The molecule has 0 aliphatic heterocycles. The van der Waals surface area contributed by atoms with Gasteiger partial charge in [-0.25, -0.2) is 8.42 Å². The van der Waals surface area contributed by atoms with E-state index in [4.69, 9.17) is 0 Å². The fraction of sp³-hybridized carbons (Fsp3) is 0.550. The van der Waals surface area contributed by atoms with Gasteiger partial charge in [-0.05, 0) is 32.3 Å². The fourth-order valence-electron chi connectivity index (χ4n) is 3.78. The van der Waals surface area contributed by atoms with E-state index < -0.39 is 26.7 Å². The fourth-order valence-corrected chi connectivity index (χ4v) is 4.84. The van der Waals surface area contributed by atoms with Crippen LogP contribution in [0.5, 0.6) is 0 Å². The van der Waals surface area contributed by atoms with Crippen molar-refractivity contribution in [3.8, 4) is 0 Å². The molecule has 0 aromatic carbocycles. The zero-order valence-electron chi connectivity index (χ0n) is 17.0. The van der Waals surface area contributed by atoms with E-state index in [0.29, 0.717) is 18.2 Å². The molecule has 1 N–H and O–H groups in total. The molecule has 1 fully saturated rings. The summed E-state index contributed by atoms with van der Waals surface area (Å²) in [5.74, 6) is 0.457. The molecule has 8 nitrogen and oxygen atoms in total. The van der Waals surface area contributed by atoms with Crippen molar-refractivity contribution in [2.24, 2.45) is 13.0 Å². The molecule has 2 aromatic rings. The van der Waals surface area contributed by atoms with Crippen molar-refractivity contribution in [2.45, 2.75) is 62.1 Å². The molecule has 1 aliphatic carbocycles. The van der Waals surface area contributed by atoms with Gasteiger partial charge < -0.3 is 9.88 Å². The Labute approximate surface area is 170 Å². The first-order valence-electron chi connectivity index (χ1n) is 9.95. The average Bonchev–Trinajstić information content (AvgIpc) is 3.31. The van der Waals surface area contributed by atoms with E-state index in [1.54, 1.807) is 37.8 Å². The third-order valence-corrected chi connectivity index (χ3v) is 7.66. The monoisotopic (exact) mass is 420 g/mol. The van der Waals surface area contributed by atoms with Crippen LogP contribution in [0.2, 0.25) is 0 Å². The zero-order valence-corrected chi connectivity index (χ0v) is 17.9. The Morgan fingerprint density at radius 3 is 2.48 bits per heavy atom. The van der Waals surface area contributed by atoms with E-state index in [-0.39, 0.29) is 10.8 Å². The molecule has 0 radical (unpaired) electrons. The minimum atomic E-state index is -3.56. The van der Waals surface area contributed by atoms with Gasteiger partial charge in [-0.15, -0.1) is 0 Å². The maximum absolute atomic E-state index is 13.0. The first kappa shape index (κ1) is 21.3. The van der Waals surface area contributed by atoms with Gasteiger partial charge in [0.15, 0.2) is 15.7 Å². The summed E-state index contributed by atoms with van der Waals surface area (Å²) in [6.07, 6.45) is 7.99. The van der Waals surface area contributed by atoms with Gasteiger partial charge in [0.25, 0.3) is 5.56 Å². The number of aryl methyl sites for hydroxylation is 1. The van der Waals surface area contributed by atoms with Gasteiger partial charge in [0.2, 0.25) is 5.91 Å². The first-order chi connectivity index (χ1) is 13.7. The number of anilines is 1. The molecule has 0 saturated heterocycles. The Kier molecular flexibility index (Phi) is 6.26. The van der Waals surface area contributed by atoms with Gasteiger partial charge in [-0.3, -0.25) is 14.3 Å². The number of nitrogens with one attached hydrogen (secondary N) is 1. The second kappa shape index (κ2) is 8.52. The normalized spacial score (nSPS) is 16.3. The van der Waals surface area contributed by atoms with E-state index >= 15 is 0 Å². The molecule has 2 aromatic heterocycles. The lowest BCUT2D eigenvalue weighted by Crippen LogP contribution is -2.34. The quantitative estimate of drug-likeness (QED) is 0.741. The van der Waals surface area contributed by atoms with Crippen LogP contribution >= 0.6 is 0 Å². The molecule has 1 atom stereocenters. The summed E-state index contributed by atoms with van der Waals surface area (Å²) in [7, 11) is -1.80. The number of carbonyl (C=O) groups excluding carboxylic acids is 1. The minimum Gasteiger partial charge on any atom is -0.307 e. The molecular weight excluding hydrogens is 392 g/mol. The molecule has 0 spiro atoms. The highest BCUT2D eigenvalue weighted by molar-refractivity contribution is 7.92. The van der Waals surface area contributed by atoms with Gasteiger partial charge in [-0.2, -0.15) is 5.10 Å². The van der Waals surface area contributed by atoms with Crippen LogP contribution in [-0.2, 0) is 21.7 Å². The van der Waals surface area contributed by atoms with Crippen LogP contribution in [0, 0.1) is 5.92 Å². The lowest BCUT2D eigenvalue weighted by atomic mass is 9.97. The van der Waals surface area contributed by atoms with E-state index in [0.717, 1.165) is 31.7 Å². The van der Waals surface area contributed by atoms with Crippen molar-refractivity contribution in [1.82, 2.24) is 14.3 Å². The lowest BCUT2D eigenvalue weighted by molar-refractivity contribution is -0.119. The van der Waals surface area contributed by atoms with Crippen molar-refractivity contribution in [3.05, 3.63) is 40.9 Å². The van der Waals surface area contributed by atoms with Gasteiger partial charge in [0.1, 0.15) is 6.04 Å². The number of aromatic nitrogens is 3. The third-order valence-electron chi connectivity index (χ3n) is 5.50. The van der Waals surface area contributed by atoms with Gasteiger partial charge in [0, 0.05) is 31.6 Å². The third kappa shape index (κ3) is 4.77. The molecule has 0 unspecified atom stereocenters. The predicted molar refractivity (Wildman–Crippen MR) is 110 cm³/mol. The second-order valence-corrected chi connectivity index (χ2v) is 10.5. The summed E-state index contributed by atoms with van der Waals surface area (Å²) in [5, 5.41) is 6.32. The van der Waals surface area contributed by atoms with Gasteiger partial charge >= 0.3 is 0 Å². The molecule has 9 heteroatoms. The second-order valence-electron chi connectivity index (χ2n) is 7.97. The van der Waals surface area contributed by atoms with Crippen LogP contribution in [0.3, 0.4) is 0 Å².